The minimum Gasteiger partial charge on any atom is -0.293 e. The fourth-order valence-corrected chi connectivity index (χ4v) is 4.41. The molecule has 0 spiro atoms. The summed E-state index contributed by atoms with van der Waals surface area (Å²) in [4.78, 5) is 16.9. The number of aromatic nitrogens is 3. The van der Waals surface area contributed by atoms with Crippen molar-refractivity contribution < 1.29 is 9.18 Å². The van der Waals surface area contributed by atoms with E-state index in [1.807, 2.05) is 24.3 Å². The molecule has 1 amide bonds. The number of amides is 1. The predicted octanol–water partition coefficient (Wildman–Crippen LogP) is 4.09. The standard InChI is InChI=1S/C18H20BrFN4O/c19-14-3-1-2-13(10-14)11-24-12-21-16(23-24)22-15(25)17-4-7-18(20,8-5-17)9-6-17/h1-3,10,12H,4-9,11H2,(H,22,23,25). The lowest BCUT2D eigenvalue weighted by Crippen LogP contribution is -2.49. The second-order valence-corrected chi connectivity index (χ2v) is 8.20. The number of carbonyl (C=O) groups is 1. The minimum absolute atomic E-state index is 0.0607. The maximum Gasteiger partial charge on any atom is 0.248 e. The van der Waals surface area contributed by atoms with Crippen molar-refractivity contribution >= 4 is 27.8 Å². The normalized spacial score (nSPS) is 28.1. The third-order valence-corrected chi connectivity index (χ3v) is 6.13. The van der Waals surface area contributed by atoms with Crippen LogP contribution in [-0.4, -0.2) is 26.3 Å². The molecule has 7 heteroatoms. The van der Waals surface area contributed by atoms with Gasteiger partial charge in [0.1, 0.15) is 12.0 Å². The van der Waals surface area contributed by atoms with E-state index in [0.29, 0.717) is 51.0 Å². The Morgan fingerprint density at radius 2 is 1.96 bits per heavy atom. The molecule has 1 N–H and O–H groups in total. The molecule has 1 heterocycles. The molecule has 0 atom stereocenters. The van der Waals surface area contributed by atoms with Crippen molar-refractivity contribution in [2.24, 2.45) is 5.41 Å². The van der Waals surface area contributed by atoms with Gasteiger partial charge in [0.25, 0.3) is 0 Å². The third-order valence-electron chi connectivity index (χ3n) is 5.63. The first-order valence-corrected chi connectivity index (χ1v) is 9.40. The summed E-state index contributed by atoms with van der Waals surface area (Å²) in [5.74, 6) is 0.256. The molecule has 0 saturated heterocycles. The molecule has 132 valence electrons. The second kappa shape index (κ2) is 6.20. The highest BCUT2D eigenvalue weighted by molar-refractivity contribution is 9.10. The number of carbonyl (C=O) groups excluding carboxylic acids is 1. The summed E-state index contributed by atoms with van der Waals surface area (Å²) < 4.78 is 17.0. The molecular weight excluding hydrogens is 387 g/mol. The zero-order chi connectivity index (χ0) is 17.5. The fourth-order valence-electron chi connectivity index (χ4n) is 3.97. The van der Waals surface area contributed by atoms with Crippen molar-refractivity contribution in [1.29, 1.82) is 0 Å². The van der Waals surface area contributed by atoms with Gasteiger partial charge in [0.2, 0.25) is 11.9 Å². The van der Waals surface area contributed by atoms with Crippen molar-refractivity contribution in [2.75, 3.05) is 5.32 Å². The van der Waals surface area contributed by atoms with Crippen LogP contribution in [-0.2, 0) is 11.3 Å². The third kappa shape index (κ3) is 3.34. The Labute approximate surface area is 154 Å². The van der Waals surface area contributed by atoms with Gasteiger partial charge in [-0.25, -0.2) is 14.1 Å². The summed E-state index contributed by atoms with van der Waals surface area (Å²) in [6.45, 7) is 0.581. The lowest BCUT2D eigenvalue weighted by Gasteiger charge is -2.48. The first kappa shape index (κ1) is 16.7. The van der Waals surface area contributed by atoms with E-state index in [2.05, 4.69) is 31.3 Å². The summed E-state index contributed by atoms with van der Waals surface area (Å²) in [5, 5.41) is 7.19. The number of benzene rings is 1. The first-order valence-electron chi connectivity index (χ1n) is 8.61. The summed E-state index contributed by atoms with van der Waals surface area (Å²) in [6.07, 6.45) is 4.94. The highest BCUT2D eigenvalue weighted by atomic mass is 79.9. The average Bonchev–Trinajstić information content (AvgIpc) is 3.03. The topological polar surface area (TPSA) is 59.8 Å². The summed E-state index contributed by atoms with van der Waals surface area (Å²) in [6, 6.07) is 7.97. The summed E-state index contributed by atoms with van der Waals surface area (Å²) in [5.41, 5.74) is -0.385. The average molecular weight is 407 g/mol. The van der Waals surface area contributed by atoms with Crippen molar-refractivity contribution in [3.05, 3.63) is 40.6 Å². The van der Waals surface area contributed by atoms with Crippen LogP contribution in [0.4, 0.5) is 10.3 Å². The van der Waals surface area contributed by atoms with Crippen molar-refractivity contribution in [3.8, 4) is 0 Å². The Morgan fingerprint density at radius 3 is 2.64 bits per heavy atom. The SMILES string of the molecule is O=C(Nc1ncn(Cc2cccc(Br)c2)n1)C12CCC(F)(CC1)CC2. The molecule has 1 aromatic carbocycles. The molecule has 2 bridgehead atoms. The predicted molar refractivity (Wildman–Crippen MR) is 95.9 cm³/mol. The molecule has 25 heavy (non-hydrogen) atoms. The monoisotopic (exact) mass is 406 g/mol. The zero-order valence-electron chi connectivity index (χ0n) is 13.8. The molecule has 0 unspecified atom stereocenters. The Morgan fingerprint density at radius 1 is 1.24 bits per heavy atom. The van der Waals surface area contributed by atoms with Gasteiger partial charge in [0, 0.05) is 9.89 Å². The van der Waals surface area contributed by atoms with Crippen molar-refractivity contribution in [3.63, 3.8) is 0 Å². The van der Waals surface area contributed by atoms with Gasteiger partial charge in [0.05, 0.1) is 6.54 Å². The van der Waals surface area contributed by atoms with Crippen LogP contribution in [0.3, 0.4) is 0 Å². The molecule has 0 radical (unpaired) electrons. The number of nitrogens with one attached hydrogen (secondary N) is 1. The second-order valence-electron chi connectivity index (χ2n) is 7.28. The van der Waals surface area contributed by atoms with Gasteiger partial charge in [-0.1, -0.05) is 28.1 Å². The van der Waals surface area contributed by atoms with Crippen LogP contribution < -0.4 is 5.32 Å². The number of nitrogens with zero attached hydrogens (tertiary/aromatic N) is 3. The summed E-state index contributed by atoms with van der Waals surface area (Å²) >= 11 is 3.45. The minimum atomic E-state index is -1.04. The number of halogens is 2. The molecule has 5 rings (SSSR count). The van der Waals surface area contributed by atoms with Gasteiger partial charge in [-0.2, -0.15) is 0 Å². The van der Waals surface area contributed by atoms with E-state index in [0.717, 1.165) is 10.0 Å². The molecule has 3 aliphatic rings. The van der Waals surface area contributed by atoms with Crippen LogP contribution >= 0.6 is 15.9 Å². The van der Waals surface area contributed by atoms with Gasteiger partial charge in [-0.15, -0.1) is 5.10 Å². The number of fused-ring (bicyclic) bond motifs is 3. The van der Waals surface area contributed by atoms with Gasteiger partial charge in [-0.05, 0) is 56.2 Å². The smallest absolute Gasteiger partial charge is 0.248 e. The maximum atomic E-state index is 14.3. The van der Waals surface area contributed by atoms with E-state index < -0.39 is 11.1 Å². The van der Waals surface area contributed by atoms with Crippen molar-refractivity contribution in [2.45, 2.75) is 50.7 Å². The van der Waals surface area contributed by atoms with E-state index in [-0.39, 0.29) is 5.91 Å². The van der Waals surface area contributed by atoms with Crippen LogP contribution in [0.25, 0.3) is 0 Å². The van der Waals surface area contributed by atoms with E-state index in [9.17, 15) is 9.18 Å². The van der Waals surface area contributed by atoms with Crippen LogP contribution in [0, 0.1) is 5.41 Å². The highest BCUT2D eigenvalue weighted by Gasteiger charge is 2.52. The Kier molecular flexibility index (Phi) is 4.14. The first-order chi connectivity index (χ1) is 12.0. The van der Waals surface area contributed by atoms with Crippen LogP contribution in [0.15, 0.2) is 35.1 Å². The Bertz CT molecular complexity index is 781. The maximum absolute atomic E-state index is 14.3. The van der Waals surface area contributed by atoms with Crippen LogP contribution in [0.1, 0.15) is 44.1 Å². The zero-order valence-corrected chi connectivity index (χ0v) is 15.4. The molecule has 3 aliphatic carbocycles. The molecule has 3 saturated carbocycles. The quantitative estimate of drug-likeness (QED) is 0.831. The van der Waals surface area contributed by atoms with E-state index in [1.165, 1.54) is 0 Å². The molecule has 5 nitrogen and oxygen atoms in total. The number of hydrogen-bond acceptors (Lipinski definition) is 3. The lowest BCUT2D eigenvalue weighted by molar-refractivity contribution is -0.135. The van der Waals surface area contributed by atoms with Gasteiger partial charge in [0.15, 0.2) is 0 Å². The Hall–Kier alpha value is -1.76. The molecule has 1 aromatic heterocycles. The van der Waals surface area contributed by atoms with Crippen LogP contribution in [0.2, 0.25) is 0 Å². The number of hydrogen-bond donors (Lipinski definition) is 1. The van der Waals surface area contributed by atoms with Crippen molar-refractivity contribution in [1.82, 2.24) is 14.8 Å². The molecule has 3 fully saturated rings. The largest absolute Gasteiger partial charge is 0.293 e. The molecular formula is C18H20BrFN4O. The Balaban J connectivity index is 1.42. The van der Waals surface area contributed by atoms with Gasteiger partial charge in [-0.3, -0.25) is 10.1 Å². The fraction of sp³-hybridized carbons (Fsp3) is 0.500. The van der Waals surface area contributed by atoms with Gasteiger partial charge < -0.3 is 0 Å². The number of anilines is 1. The summed E-state index contributed by atoms with van der Waals surface area (Å²) in [7, 11) is 0. The van der Waals surface area contributed by atoms with Gasteiger partial charge >= 0.3 is 0 Å². The lowest BCUT2D eigenvalue weighted by atomic mass is 9.59. The highest BCUT2D eigenvalue weighted by Crippen LogP contribution is 2.54. The number of alkyl halides is 1. The van der Waals surface area contributed by atoms with Crippen LogP contribution in [0.5, 0.6) is 0 Å². The van der Waals surface area contributed by atoms with E-state index in [4.69, 9.17) is 0 Å². The number of rotatable bonds is 4. The molecule has 2 aromatic rings. The van der Waals surface area contributed by atoms with E-state index >= 15 is 0 Å². The molecule has 0 aliphatic heterocycles. The van der Waals surface area contributed by atoms with E-state index in [1.54, 1.807) is 11.0 Å².